The van der Waals surface area contributed by atoms with E-state index in [1.165, 1.54) is 6.92 Å². The summed E-state index contributed by atoms with van der Waals surface area (Å²) in [6, 6.07) is 0. The van der Waals surface area contributed by atoms with Crippen molar-refractivity contribution in [3.8, 4) is 0 Å². The largest absolute Gasteiger partial charge is 0.465 e. The van der Waals surface area contributed by atoms with E-state index in [1.807, 2.05) is 6.92 Å². The molecule has 0 saturated carbocycles. The molecule has 0 saturated heterocycles. The van der Waals surface area contributed by atoms with Gasteiger partial charge < -0.3 is 16.2 Å². The number of carbonyl (C=O) groups excluding carboxylic acids is 1. The van der Waals surface area contributed by atoms with Gasteiger partial charge in [-0.1, -0.05) is 19.8 Å². The lowest BCUT2D eigenvalue weighted by Gasteiger charge is -2.25. The number of amides is 2. The highest BCUT2D eigenvalue weighted by Gasteiger charge is 2.31. The SMILES string of the molecule is CCCCC(C)(NC(=O)O)C(N)=O. The van der Waals surface area contributed by atoms with Crippen molar-refractivity contribution < 1.29 is 14.7 Å². The maximum absolute atomic E-state index is 11.0. The fraction of sp³-hybridized carbons (Fsp3) is 0.750. The molecule has 76 valence electrons. The molecule has 0 aliphatic rings. The Morgan fingerprint density at radius 3 is 2.38 bits per heavy atom. The van der Waals surface area contributed by atoms with Gasteiger partial charge in [0.05, 0.1) is 0 Å². The molecule has 0 aromatic heterocycles. The summed E-state index contributed by atoms with van der Waals surface area (Å²) in [7, 11) is 0. The molecule has 0 heterocycles. The van der Waals surface area contributed by atoms with E-state index in [0.29, 0.717) is 6.42 Å². The number of hydrogen-bond acceptors (Lipinski definition) is 2. The lowest BCUT2D eigenvalue weighted by molar-refractivity contribution is -0.123. The molecule has 0 rings (SSSR count). The topological polar surface area (TPSA) is 92.4 Å². The van der Waals surface area contributed by atoms with Crippen LogP contribution < -0.4 is 11.1 Å². The fourth-order valence-electron chi connectivity index (χ4n) is 1.01. The number of unbranched alkanes of at least 4 members (excludes halogenated alkanes) is 1. The molecule has 2 amide bonds. The van der Waals surface area contributed by atoms with E-state index in [4.69, 9.17) is 10.8 Å². The van der Waals surface area contributed by atoms with E-state index in [2.05, 4.69) is 5.32 Å². The van der Waals surface area contributed by atoms with E-state index in [-0.39, 0.29) is 0 Å². The van der Waals surface area contributed by atoms with E-state index >= 15 is 0 Å². The van der Waals surface area contributed by atoms with Crippen molar-refractivity contribution in [3.05, 3.63) is 0 Å². The van der Waals surface area contributed by atoms with Gasteiger partial charge in [-0.3, -0.25) is 4.79 Å². The van der Waals surface area contributed by atoms with Gasteiger partial charge in [-0.05, 0) is 13.3 Å². The van der Waals surface area contributed by atoms with Crippen LogP contribution in [0.15, 0.2) is 0 Å². The molecule has 5 heteroatoms. The molecule has 0 bridgehead atoms. The Bertz CT molecular complexity index is 206. The average molecular weight is 188 g/mol. The smallest absolute Gasteiger partial charge is 0.405 e. The molecule has 0 spiro atoms. The van der Waals surface area contributed by atoms with Crippen molar-refractivity contribution in [2.45, 2.75) is 38.6 Å². The quantitative estimate of drug-likeness (QED) is 0.592. The van der Waals surface area contributed by atoms with Crippen LogP contribution in [0.2, 0.25) is 0 Å². The summed E-state index contributed by atoms with van der Waals surface area (Å²) in [5.41, 5.74) is 3.96. The molecule has 0 aromatic carbocycles. The zero-order valence-electron chi connectivity index (χ0n) is 7.96. The minimum Gasteiger partial charge on any atom is -0.465 e. The number of hydrogen-bond donors (Lipinski definition) is 3. The molecular formula is C8H16N2O3. The molecule has 1 unspecified atom stereocenters. The minimum absolute atomic E-state index is 0.436. The second-order valence-corrected chi connectivity index (χ2v) is 3.23. The van der Waals surface area contributed by atoms with Crippen LogP contribution in [-0.2, 0) is 4.79 Å². The first-order valence-electron chi connectivity index (χ1n) is 4.23. The monoisotopic (exact) mass is 188 g/mol. The van der Waals surface area contributed by atoms with Crippen LogP contribution in [0.5, 0.6) is 0 Å². The van der Waals surface area contributed by atoms with E-state index < -0.39 is 17.5 Å². The van der Waals surface area contributed by atoms with Gasteiger partial charge in [0.25, 0.3) is 0 Å². The Morgan fingerprint density at radius 2 is 2.08 bits per heavy atom. The summed E-state index contributed by atoms with van der Waals surface area (Å²) in [4.78, 5) is 21.3. The lowest BCUT2D eigenvalue weighted by Crippen LogP contribution is -2.54. The minimum atomic E-state index is -1.22. The molecule has 0 radical (unpaired) electrons. The van der Waals surface area contributed by atoms with Crippen LogP contribution in [0, 0.1) is 0 Å². The zero-order chi connectivity index (χ0) is 10.5. The molecule has 4 N–H and O–H groups in total. The maximum Gasteiger partial charge on any atom is 0.405 e. The van der Waals surface area contributed by atoms with Gasteiger partial charge in [0.2, 0.25) is 5.91 Å². The van der Waals surface area contributed by atoms with Gasteiger partial charge in [0, 0.05) is 0 Å². The first-order chi connectivity index (χ1) is 5.92. The van der Waals surface area contributed by atoms with Crippen molar-refractivity contribution in [1.82, 2.24) is 5.32 Å². The number of carbonyl (C=O) groups is 2. The Kier molecular flexibility index (Phi) is 4.23. The van der Waals surface area contributed by atoms with Crippen molar-refractivity contribution in [3.63, 3.8) is 0 Å². The average Bonchev–Trinajstić information content (AvgIpc) is 1.99. The number of primary amides is 1. The molecule has 0 aromatic rings. The zero-order valence-corrected chi connectivity index (χ0v) is 7.96. The third-order valence-electron chi connectivity index (χ3n) is 1.96. The number of carboxylic acid groups (broad SMARTS) is 1. The van der Waals surface area contributed by atoms with Gasteiger partial charge in [-0.25, -0.2) is 4.79 Å². The standard InChI is InChI=1S/C8H16N2O3/c1-3-4-5-8(2,6(9)11)10-7(12)13/h10H,3-5H2,1-2H3,(H2,9,11)(H,12,13). The summed E-state index contributed by atoms with van der Waals surface area (Å²) in [6.07, 6.45) is 0.868. The van der Waals surface area contributed by atoms with Crippen LogP contribution in [0.1, 0.15) is 33.1 Å². The highest BCUT2D eigenvalue weighted by molar-refractivity contribution is 5.87. The summed E-state index contributed by atoms with van der Waals surface area (Å²) >= 11 is 0. The van der Waals surface area contributed by atoms with Crippen molar-refractivity contribution >= 4 is 12.0 Å². The highest BCUT2D eigenvalue weighted by Crippen LogP contribution is 2.13. The first-order valence-corrected chi connectivity index (χ1v) is 4.23. The second-order valence-electron chi connectivity index (χ2n) is 3.23. The lowest BCUT2D eigenvalue weighted by atomic mass is 9.94. The third kappa shape index (κ3) is 3.78. The fourth-order valence-corrected chi connectivity index (χ4v) is 1.01. The first kappa shape index (κ1) is 11.7. The molecule has 0 aliphatic heterocycles. The predicted octanol–water partition coefficient (Wildman–Crippen LogP) is 0.688. The predicted molar refractivity (Wildman–Crippen MR) is 48.3 cm³/mol. The number of nitrogens with two attached hydrogens (primary N) is 1. The van der Waals surface area contributed by atoms with Gasteiger partial charge >= 0.3 is 6.09 Å². The molecular weight excluding hydrogens is 172 g/mol. The Hall–Kier alpha value is -1.26. The molecule has 13 heavy (non-hydrogen) atoms. The summed E-state index contributed by atoms with van der Waals surface area (Å²) in [6.45, 7) is 3.46. The van der Waals surface area contributed by atoms with E-state index in [1.54, 1.807) is 0 Å². The van der Waals surface area contributed by atoms with Crippen molar-refractivity contribution in [2.75, 3.05) is 0 Å². The number of nitrogens with one attached hydrogen (secondary N) is 1. The molecule has 0 aliphatic carbocycles. The molecule has 5 nitrogen and oxygen atoms in total. The summed E-state index contributed by atoms with van der Waals surface area (Å²) in [5.74, 6) is -0.636. The Morgan fingerprint density at radius 1 is 1.54 bits per heavy atom. The van der Waals surface area contributed by atoms with Crippen LogP contribution in [0.25, 0.3) is 0 Å². The summed E-state index contributed by atoms with van der Waals surface area (Å²) in [5, 5.41) is 10.6. The Labute approximate surface area is 77.3 Å². The maximum atomic E-state index is 11.0. The van der Waals surface area contributed by atoms with E-state index in [9.17, 15) is 9.59 Å². The number of rotatable bonds is 5. The van der Waals surface area contributed by atoms with Crippen molar-refractivity contribution in [2.24, 2.45) is 5.73 Å². The van der Waals surface area contributed by atoms with Crippen LogP contribution in [0.3, 0.4) is 0 Å². The highest BCUT2D eigenvalue weighted by atomic mass is 16.4. The van der Waals surface area contributed by atoms with Crippen molar-refractivity contribution in [1.29, 1.82) is 0 Å². The normalized spacial score (nSPS) is 14.6. The Balaban J connectivity index is 4.34. The van der Waals surface area contributed by atoms with E-state index in [0.717, 1.165) is 12.8 Å². The second kappa shape index (κ2) is 4.69. The van der Waals surface area contributed by atoms with Crippen LogP contribution >= 0.6 is 0 Å². The molecule has 0 fully saturated rings. The van der Waals surface area contributed by atoms with Crippen LogP contribution in [-0.4, -0.2) is 22.6 Å². The van der Waals surface area contributed by atoms with Gasteiger partial charge in [-0.15, -0.1) is 0 Å². The third-order valence-corrected chi connectivity index (χ3v) is 1.96. The van der Waals surface area contributed by atoms with Gasteiger partial charge in [0.15, 0.2) is 0 Å². The van der Waals surface area contributed by atoms with Gasteiger partial charge in [0.1, 0.15) is 5.54 Å². The van der Waals surface area contributed by atoms with Gasteiger partial charge in [-0.2, -0.15) is 0 Å². The van der Waals surface area contributed by atoms with Crippen LogP contribution in [0.4, 0.5) is 4.79 Å². The summed E-state index contributed by atoms with van der Waals surface area (Å²) < 4.78 is 0. The molecule has 1 atom stereocenters.